The second-order valence-corrected chi connectivity index (χ2v) is 8.72. The normalized spacial score (nSPS) is 15.0. The number of hydrogen-bond acceptors (Lipinski definition) is 5. The number of carbonyl (C=O) groups excluding carboxylic acids is 3. The Kier molecular flexibility index (Phi) is 7.42. The molecule has 1 aliphatic heterocycles. The number of ketones is 1. The maximum absolute atomic E-state index is 12.7. The first-order chi connectivity index (χ1) is 14.3. The molecule has 0 aromatic heterocycles. The van der Waals surface area contributed by atoms with Gasteiger partial charge in [0.2, 0.25) is 5.91 Å². The Bertz CT molecular complexity index is 1030. The number of amides is 2. The number of anilines is 1. The summed E-state index contributed by atoms with van der Waals surface area (Å²) in [6, 6.07) is 14.0. The van der Waals surface area contributed by atoms with E-state index in [9.17, 15) is 14.4 Å². The number of Topliss-reactive ketones (excluding diaryl/α,β-unsaturated/α-hetero) is 1. The summed E-state index contributed by atoms with van der Waals surface area (Å²) in [5, 5.41) is 3.35. The summed E-state index contributed by atoms with van der Waals surface area (Å²) < 4.78 is 0.471. The Morgan fingerprint density at radius 1 is 1.17 bits per heavy atom. The van der Waals surface area contributed by atoms with Crippen LogP contribution in [0.1, 0.15) is 35.7 Å². The van der Waals surface area contributed by atoms with Crippen LogP contribution in [-0.2, 0) is 9.59 Å². The number of thioether (sulfide) groups is 1. The van der Waals surface area contributed by atoms with Crippen molar-refractivity contribution in [1.29, 1.82) is 0 Å². The van der Waals surface area contributed by atoms with E-state index in [0.29, 0.717) is 38.5 Å². The van der Waals surface area contributed by atoms with E-state index in [1.807, 2.05) is 18.2 Å². The van der Waals surface area contributed by atoms with Gasteiger partial charge in [-0.3, -0.25) is 19.3 Å². The first-order valence-electron chi connectivity index (χ1n) is 9.26. The molecule has 0 bridgehead atoms. The molecule has 0 saturated carbocycles. The molecule has 2 amide bonds. The summed E-state index contributed by atoms with van der Waals surface area (Å²) in [7, 11) is 0. The zero-order valence-corrected chi connectivity index (χ0v) is 18.6. The van der Waals surface area contributed by atoms with Crippen molar-refractivity contribution in [3.8, 4) is 0 Å². The standard InChI is InChI=1S/C22H19ClN2O3S2/c1-14(26)15-8-10-17(11-9-15)24-20(27)7-4-12-25-21(28)19(30-22(25)29)13-16-5-2-3-6-18(16)23/h2-3,5-6,8-11,13H,4,7,12H2,1H3,(H,24,27)/b19-13-. The minimum Gasteiger partial charge on any atom is -0.326 e. The Balaban J connectivity index is 1.52. The van der Waals surface area contributed by atoms with Gasteiger partial charge in [0.15, 0.2) is 5.78 Å². The molecule has 2 aromatic carbocycles. The SMILES string of the molecule is CC(=O)c1ccc(NC(=O)CCCN2C(=O)/C(=C/c3ccccc3Cl)SC2=S)cc1. The van der Waals surface area contributed by atoms with Gasteiger partial charge in [-0.15, -0.1) is 0 Å². The molecule has 0 unspecified atom stereocenters. The average Bonchev–Trinajstić information content (AvgIpc) is 2.97. The highest BCUT2D eigenvalue weighted by Crippen LogP contribution is 2.33. The quantitative estimate of drug-likeness (QED) is 0.352. The molecule has 1 N–H and O–H groups in total. The Morgan fingerprint density at radius 3 is 2.53 bits per heavy atom. The third kappa shape index (κ3) is 5.56. The highest BCUT2D eigenvalue weighted by atomic mass is 35.5. The van der Waals surface area contributed by atoms with Gasteiger partial charge >= 0.3 is 0 Å². The molecule has 1 aliphatic rings. The van der Waals surface area contributed by atoms with Crippen molar-refractivity contribution in [2.24, 2.45) is 0 Å². The van der Waals surface area contributed by atoms with Crippen molar-refractivity contribution in [2.45, 2.75) is 19.8 Å². The van der Waals surface area contributed by atoms with Crippen LogP contribution in [0.2, 0.25) is 5.02 Å². The molecule has 1 heterocycles. The van der Waals surface area contributed by atoms with E-state index in [1.54, 1.807) is 36.4 Å². The highest BCUT2D eigenvalue weighted by Gasteiger charge is 2.31. The number of hydrogen-bond donors (Lipinski definition) is 1. The van der Waals surface area contributed by atoms with Crippen LogP contribution in [0.3, 0.4) is 0 Å². The van der Waals surface area contributed by atoms with Gasteiger partial charge in [-0.1, -0.05) is 53.8 Å². The first-order valence-corrected chi connectivity index (χ1v) is 10.9. The number of benzene rings is 2. The van der Waals surface area contributed by atoms with Crippen molar-refractivity contribution in [3.63, 3.8) is 0 Å². The van der Waals surface area contributed by atoms with Crippen LogP contribution in [0, 0.1) is 0 Å². The van der Waals surface area contributed by atoms with Crippen LogP contribution in [0.15, 0.2) is 53.4 Å². The van der Waals surface area contributed by atoms with E-state index in [2.05, 4.69) is 5.32 Å². The third-order valence-electron chi connectivity index (χ3n) is 4.43. The minimum absolute atomic E-state index is 0.0278. The van der Waals surface area contributed by atoms with Crippen molar-refractivity contribution in [1.82, 2.24) is 4.90 Å². The van der Waals surface area contributed by atoms with Gasteiger partial charge in [0, 0.05) is 29.2 Å². The molecule has 30 heavy (non-hydrogen) atoms. The number of halogens is 1. The molecular weight excluding hydrogens is 440 g/mol. The third-order valence-corrected chi connectivity index (χ3v) is 6.15. The van der Waals surface area contributed by atoms with Crippen LogP contribution in [0.4, 0.5) is 5.69 Å². The molecule has 154 valence electrons. The zero-order chi connectivity index (χ0) is 21.7. The van der Waals surface area contributed by atoms with Gasteiger partial charge in [-0.05, 0) is 55.3 Å². The summed E-state index contributed by atoms with van der Waals surface area (Å²) in [6.45, 7) is 1.85. The van der Waals surface area contributed by atoms with Crippen molar-refractivity contribution in [2.75, 3.05) is 11.9 Å². The lowest BCUT2D eigenvalue weighted by atomic mass is 10.1. The van der Waals surface area contributed by atoms with Crippen LogP contribution in [0.25, 0.3) is 6.08 Å². The van der Waals surface area contributed by atoms with E-state index in [-0.39, 0.29) is 24.0 Å². The van der Waals surface area contributed by atoms with Crippen LogP contribution < -0.4 is 5.32 Å². The maximum atomic E-state index is 12.7. The van der Waals surface area contributed by atoms with Gasteiger partial charge in [-0.25, -0.2) is 0 Å². The second kappa shape index (κ2) is 10.0. The summed E-state index contributed by atoms with van der Waals surface area (Å²) in [5.74, 6) is -0.368. The molecular formula is C22H19ClN2O3S2. The molecule has 2 aromatic rings. The molecule has 0 spiro atoms. The first kappa shape index (κ1) is 22.2. The topological polar surface area (TPSA) is 66.5 Å². The van der Waals surface area contributed by atoms with Crippen LogP contribution >= 0.6 is 35.6 Å². The fraction of sp³-hybridized carbons (Fsp3) is 0.182. The molecule has 0 aliphatic carbocycles. The molecule has 3 rings (SSSR count). The van der Waals surface area contributed by atoms with Crippen molar-refractivity contribution in [3.05, 3.63) is 69.6 Å². The number of rotatable bonds is 7. The predicted molar refractivity (Wildman–Crippen MR) is 126 cm³/mol. The van der Waals surface area contributed by atoms with E-state index in [1.165, 1.54) is 23.6 Å². The molecule has 0 atom stereocenters. The van der Waals surface area contributed by atoms with Crippen molar-refractivity contribution < 1.29 is 14.4 Å². The Morgan fingerprint density at radius 2 is 1.87 bits per heavy atom. The monoisotopic (exact) mass is 458 g/mol. The number of thiocarbonyl (C=S) groups is 1. The maximum Gasteiger partial charge on any atom is 0.266 e. The molecule has 1 saturated heterocycles. The lowest BCUT2D eigenvalue weighted by molar-refractivity contribution is -0.122. The van der Waals surface area contributed by atoms with E-state index < -0.39 is 0 Å². The van der Waals surface area contributed by atoms with Crippen LogP contribution in [-0.4, -0.2) is 33.4 Å². The molecule has 0 radical (unpaired) electrons. The summed E-state index contributed by atoms with van der Waals surface area (Å²) in [6.07, 6.45) is 2.46. The summed E-state index contributed by atoms with van der Waals surface area (Å²) in [5.41, 5.74) is 1.97. The largest absolute Gasteiger partial charge is 0.326 e. The number of nitrogens with zero attached hydrogens (tertiary/aromatic N) is 1. The second-order valence-electron chi connectivity index (χ2n) is 6.64. The smallest absolute Gasteiger partial charge is 0.266 e. The summed E-state index contributed by atoms with van der Waals surface area (Å²) in [4.78, 5) is 38.2. The lowest BCUT2D eigenvalue weighted by Crippen LogP contribution is -2.29. The number of carbonyl (C=O) groups is 3. The van der Waals surface area contributed by atoms with E-state index >= 15 is 0 Å². The van der Waals surface area contributed by atoms with Gasteiger partial charge in [-0.2, -0.15) is 0 Å². The average molecular weight is 459 g/mol. The van der Waals surface area contributed by atoms with E-state index in [4.69, 9.17) is 23.8 Å². The zero-order valence-electron chi connectivity index (χ0n) is 16.2. The lowest BCUT2D eigenvalue weighted by Gasteiger charge is -2.14. The highest BCUT2D eigenvalue weighted by molar-refractivity contribution is 8.26. The minimum atomic E-state index is -0.176. The predicted octanol–water partition coefficient (Wildman–Crippen LogP) is 5.16. The van der Waals surface area contributed by atoms with E-state index in [0.717, 1.165) is 5.56 Å². The Labute approximate surface area is 189 Å². The summed E-state index contributed by atoms with van der Waals surface area (Å²) >= 11 is 12.7. The fourth-order valence-corrected chi connectivity index (χ4v) is 4.33. The van der Waals surface area contributed by atoms with Gasteiger partial charge in [0.05, 0.1) is 4.91 Å². The van der Waals surface area contributed by atoms with Crippen molar-refractivity contribution >= 4 is 69.3 Å². The molecule has 1 fully saturated rings. The van der Waals surface area contributed by atoms with Gasteiger partial charge in [0.1, 0.15) is 4.32 Å². The van der Waals surface area contributed by atoms with Gasteiger partial charge < -0.3 is 5.32 Å². The molecule has 8 heteroatoms. The number of nitrogens with one attached hydrogen (secondary N) is 1. The fourth-order valence-electron chi connectivity index (χ4n) is 2.84. The molecule has 5 nitrogen and oxygen atoms in total. The van der Waals surface area contributed by atoms with Crippen LogP contribution in [0.5, 0.6) is 0 Å². The Hall–Kier alpha value is -2.48. The van der Waals surface area contributed by atoms with Gasteiger partial charge in [0.25, 0.3) is 5.91 Å².